The Bertz CT molecular complexity index is 240. The Morgan fingerprint density at radius 2 is 2.36 bits per heavy atom. The SMILES string of the molecule is COC1=NC=C(Br)CC=C1C. The zero-order chi connectivity index (χ0) is 8.27. The molecule has 0 aromatic carbocycles. The van der Waals surface area contributed by atoms with Gasteiger partial charge in [0.2, 0.25) is 5.90 Å². The number of hydrogen-bond acceptors (Lipinski definition) is 2. The fraction of sp³-hybridized carbons (Fsp3) is 0.375. The molecule has 0 aliphatic carbocycles. The molecule has 0 saturated carbocycles. The number of hydrogen-bond donors (Lipinski definition) is 0. The van der Waals surface area contributed by atoms with Gasteiger partial charge in [-0.2, -0.15) is 0 Å². The van der Waals surface area contributed by atoms with Crippen LogP contribution < -0.4 is 0 Å². The lowest BCUT2D eigenvalue weighted by atomic mass is 10.2. The second-order valence-corrected chi connectivity index (χ2v) is 3.32. The highest BCUT2D eigenvalue weighted by Crippen LogP contribution is 2.16. The molecular weight excluding hydrogens is 206 g/mol. The summed E-state index contributed by atoms with van der Waals surface area (Å²) in [6, 6.07) is 0. The molecule has 3 heteroatoms. The van der Waals surface area contributed by atoms with Crippen LogP contribution in [0.25, 0.3) is 0 Å². The Hall–Kier alpha value is -0.570. The highest BCUT2D eigenvalue weighted by atomic mass is 79.9. The summed E-state index contributed by atoms with van der Waals surface area (Å²) >= 11 is 3.38. The van der Waals surface area contributed by atoms with Gasteiger partial charge >= 0.3 is 0 Å². The Labute approximate surface area is 74.8 Å². The average Bonchev–Trinajstić information content (AvgIpc) is 2.15. The number of halogens is 1. The Kier molecular flexibility index (Phi) is 2.88. The number of nitrogens with zero attached hydrogens (tertiary/aromatic N) is 1. The maximum atomic E-state index is 5.05. The first-order valence-electron chi connectivity index (χ1n) is 3.37. The summed E-state index contributed by atoms with van der Waals surface area (Å²) < 4.78 is 6.12. The second-order valence-electron chi connectivity index (χ2n) is 2.31. The van der Waals surface area contributed by atoms with Crippen molar-refractivity contribution in [3.05, 3.63) is 22.3 Å². The first-order chi connectivity index (χ1) is 5.24. The van der Waals surface area contributed by atoms with Gasteiger partial charge in [-0.1, -0.05) is 22.0 Å². The molecule has 0 spiro atoms. The van der Waals surface area contributed by atoms with Crippen LogP contribution in [-0.2, 0) is 4.74 Å². The standard InChI is InChI=1S/C8H10BrNO/c1-6-3-4-7(9)5-10-8(6)11-2/h3,5H,4H2,1-2H3. The van der Waals surface area contributed by atoms with Crippen molar-refractivity contribution in [1.29, 1.82) is 0 Å². The van der Waals surface area contributed by atoms with Crippen molar-refractivity contribution in [3.63, 3.8) is 0 Å². The van der Waals surface area contributed by atoms with Crippen LogP contribution in [0.15, 0.2) is 27.3 Å². The van der Waals surface area contributed by atoms with Crippen LogP contribution in [0, 0.1) is 0 Å². The minimum atomic E-state index is 0.694. The largest absolute Gasteiger partial charge is 0.481 e. The molecule has 2 nitrogen and oxygen atoms in total. The topological polar surface area (TPSA) is 21.6 Å². The van der Waals surface area contributed by atoms with Crippen LogP contribution in [0.2, 0.25) is 0 Å². The van der Waals surface area contributed by atoms with Crippen molar-refractivity contribution in [1.82, 2.24) is 0 Å². The Morgan fingerprint density at radius 1 is 1.64 bits per heavy atom. The maximum Gasteiger partial charge on any atom is 0.215 e. The minimum Gasteiger partial charge on any atom is -0.481 e. The van der Waals surface area contributed by atoms with Gasteiger partial charge < -0.3 is 4.74 Å². The van der Waals surface area contributed by atoms with Gasteiger partial charge in [0.1, 0.15) is 0 Å². The molecule has 1 aliphatic heterocycles. The van der Waals surface area contributed by atoms with Crippen LogP contribution >= 0.6 is 15.9 Å². The number of ether oxygens (including phenoxy) is 1. The van der Waals surface area contributed by atoms with E-state index in [1.165, 1.54) is 0 Å². The first kappa shape index (κ1) is 8.53. The van der Waals surface area contributed by atoms with Gasteiger partial charge in [-0.15, -0.1) is 0 Å². The molecule has 0 amide bonds. The summed E-state index contributed by atoms with van der Waals surface area (Å²) in [6.45, 7) is 1.99. The first-order valence-corrected chi connectivity index (χ1v) is 4.17. The third-order valence-electron chi connectivity index (χ3n) is 1.46. The summed E-state index contributed by atoms with van der Waals surface area (Å²) in [5.41, 5.74) is 1.08. The van der Waals surface area contributed by atoms with E-state index in [-0.39, 0.29) is 0 Å². The van der Waals surface area contributed by atoms with Gasteiger partial charge in [-0.25, -0.2) is 4.99 Å². The molecule has 0 radical (unpaired) electrons. The molecule has 1 aliphatic rings. The van der Waals surface area contributed by atoms with E-state index >= 15 is 0 Å². The van der Waals surface area contributed by atoms with Gasteiger partial charge in [0, 0.05) is 16.3 Å². The van der Waals surface area contributed by atoms with Crippen molar-refractivity contribution >= 4 is 21.8 Å². The highest BCUT2D eigenvalue weighted by Gasteiger charge is 2.03. The number of aliphatic imine (C=N–C) groups is 1. The minimum absolute atomic E-state index is 0.694. The molecule has 0 aromatic rings. The molecular formula is C8H10BrNO. The molecule has 0 aromatic heterocycles. The Balaban J connectivity index is 2.89. The lowest BCUT2D eigenvalue weighted by Crippen LogP contribution is -2.00. The van der Waals surface area contributed by atoms with E-state index in [4.69, 9.17) is 4.74 Å². The van der Waals surface area contributed by atoms with Crippen LogP contribution in [0.1, 0.15) is 13.3 Å². The molecule has 0 unspecified atom stereocenters. The summed E-state index contributed by atoms with van der Waals surface area (Å²) in [5, 5.41) is 0. The fourth-order valence-corrected chi connectivity index (χ4v) is 1.10. The van der Waals surface area contributed by atoms with Gasteiger partial charge in [-0.05, 0) is 13.3 Å². The van der Waals surface area contributed by atoms with Crippen LogP contribution in [0.5, 0.6) is 0 Å². The Morgan fingerprint density at radius 3 is 3.00 bits per heavy atom. The van der Waals surface area contributed by atoms with Crippen LogP contribution in [-0.4, -0.2) is 13.0 Å². The van der Waals surface area contributed by atoms with E-state index < -0.39 is 0 Å². The van der Waals surface area contributed by atoms with Crippen molar-refractivity contribution < 1.29 is 4.74 Å². The lowest BCUT2D eigenvalue weighted by molar-refractivity contribution is 0.403. The highest BCUT2D eigenvalue weighted by molar-refractivity contribution is 9.11. The lowest BCUT2D eigenvalue weighted by Gasteiger charge is -2.00. The molecule has 0 bridgehead atoms. The van der Waals surface area contributed by atoms with Crippen molar-refractivity contribution in [2.45, 2.75) is 13.3 Å². The molecule has 0 N–H and O–H groups in total. The van der Waals surface area contributed by atoms with Gasteiger partial charge in [0.05, 0.1) is 7.11 Å². The van der Waals surface area contributed by atoms with E-state index in [0.29, 0.717) is 5.90 Å². The van der Waals surface area contributed by atoms with E-state index in [1.54, 1.807) is 13.3 Å². The zero-order valence-electron chi connectivity index (χ0n) is 6.60. The molecule has 0 fully saturated rings. The number of allylic oxidation sites excluding steroid dienone is 2. The van der Waals surface area contributed by atoms with Gasteiger partial charge in [-0.3, -0.25) is 0 Å². The van der Waals surface area contributed by atoms with E-state index in [2.05, 4.69) is 27.0 Å². The maximum absolute atomic E-state index is 5.05. The zero-order valence-corrected chi connectivity index (χ0v) is 8.18. The van der Waals surface area contributed by atoms with Crippen LogP contribution in [0.4, 0.5) is 0 Å². The predicted molar refractivity (Wildman–Crippen MR) is 49.8 cm³/mol. The molecule has 1 rings (SSSR count). The van der Waals surface area contributed by atoms with E-state index in [0.717, 1.165) is 16.5 Å². The summed E-state index contributed by atoms with van der Waals surface area (Å²) in [5.74, 6) is 0.694. The van der Waals surface area contributed by atoms with Gasteiger partial charge in [0.15, 0.2) is 0 Å². The molecule has 11 heavy (non-hydrogen) atoms. The monoisotopic (exact) mass is 215 g/mol. The normalized spacial score (nSPS) is 17.9. The molecule has 60 valence electrons. The van der Waals surface area contributed by atoms with Crippen molar-refractivity contribution in [2.24, 2.45) is 4.99 Å². The quantitative estimate of drug-likeness (QED) is 0.609. The number of methoxy groups -OCH3 is 1. The summed E-state index contributed by atoms with van der Waals surface area (Å²) in [7, 11) is 1.63. The fourth-order valence-electron chi connectivity index (χ4n) is 0.835. The summed E-state index contributed by atoms with van der Waals surface area (Å²) in [6.07, 6.45) is 4.74. The molecule has 0 saturated heterocycles. The second kappa shape index (κ2) is 3.72. The third-order valence-corrected chi connectivity index (χ3v) is 1.98. The predicted octanol–water partition coefficient (Wildman–Crippen LogP) is 2.62. The molecule has 0 atom stereocenters. The van der Waals surface area contributed by atoms with Crippen LogP contribution in [0.3, 0.4) is 0 Å². The molecule has 1 heterocycles. The number of rotatable bonds is 0. The van der Waals surface area contributed by atoms with Crippen molar-refractivity contribution in [2.75, 3.05) is 7.11 Å². The van der Waals surface area contributed by atoms with Crippen molar-refractivity contribution in [3.8, 4) is 0 Å². The smallest absolute Gasteiger partial charge is 0.215 e. The van der Waals surface area contributed by atoms with Gasteiger partial charge in [0.25, 0.3) is 0 Å². The average molecular weight is 216 g/mol. The summed E-state index contributed by atoms with van der Waals surface area (Å²) in [4.78, 5) is 4.12. The van der Waals surface area contributed by atoms with E-state index in [9.17, 15) is 0 Å². The third kappa shape index (κ3) is 2.19. The van der Waals surface area contributed by atoms with E-state index in [1.807, 2.05) is 6.92 Å².